The molecule has 2 aromatic heterocycles. The molecule has 1 fully saturated rings. The number of urea groups is 1. The molecule has 2 amide bonds. The van der Waals surface area contributed by atoms with Crippen molar-refractivity contribution in [3.05, 3.63) is 35.1 Å². The number of aromatic nitrogens is 3. The van der Waals surface area contributed by atoms with Gasteiger partial charge in [-0.2, -0.15) is 4.98 Å². The minimum Gasteiger partial charge on any atom is -0.339 e. The Bertz CT molecular complexity index is 684. The Morgan fingerprint density at radius 3 is 2.57 bits per heavy atom. The van der Waals surface area contributed by atoms with E-state index in [1.807, 2.05) is 32.9 Å². The van der Waals surface area contributed by atoms with Crippen molar-refractivity contribution in [2.24, 2.45) is 0 Å². The summed E-state index contributed by atoms with van der Waals surface area (Å²) in [7, 11) is 0. The number of amides is 2. The third-order valence-electron chi connectivity index (χ3n) is 4.01. The number of carbonyl (C=O) groups excluding carboxylic acids is 1. The number of hydrogen-bond acceptors (Lipinski definition) is 5. The molecular formula is C16H21N5O2. The third kappa shape index (κ3) is 3.67. The molecule has 1 aliphatic rings. The summed E-state index contributed by atoms with van der Waals surface area (Å²) < 4.78 is 5.23. The molecule has 0 aromatic carbocycles. The molecule has 3 heterocycles. The van der Waals surface area contributed by atoms with Gasteiger partial charge in [-0.1, -0.05) is 5.16 Å². The molecule has 1 aliphatic heterocycles. The number of likely N-dealkylation sites (tertiary alicyclic amines) is 1. The number of rotatable bonds is 2. The first kappa shape index (κ1) is 15.5. The number of piperidine rings is 1. The van der Waals surface area contributed by atoms with Crippen LogP contribution in [0.3, 0.4) is 0 Å². The van der Waals surface area contributed by atoms with Crippen LogP contribution in [0.2, 0.25) is 0 Å². The zero-order valence-electron chi connectivity index (χ0n) is 13.7. The molecule has 7 heteroatoms. The molecule has 1 N–H and O–H groups in total. The second-order valence-corrected chi connectivity index (χ2v) is 6.04. The van der Waals surface area contributed by atoms with Crippen LogP contribution < -0.4 is 5.32 Å². The van der Waals surface area contributed by atoms with Gasteiger partial charge in [0.15, 0.2) is 5.82 Å². The van der Waals surface area contributed by atoms with Gasteiger partial charge < -0.3 is 9.42 Å². The normalized spacial score (nSPS) is 15.7. The highest BCUT2D eigenvalue weighted by atomic mass is 16.5. The average molecular weight is 315 g/mol. The highest BCUT2D eigenvalue weighted by Crippen LogP contribution is 2.27. The van der Waals surface area contributed by atoms with Crippen molar-refractivity contribution in [1.82, 2.24) is 20.0 Å². The number of aryl methyl sites for hydroxylation is 3. The first-order valence-corrected chi connectivity index (χ1v) is 7.82. The number of carbonyl (C=O) groups is 1. The molecule has 122 valence electrons. The molecule has 1 saturated heterocycles. The minimum absolute atomic E-state index is 0.109. The summed E-state index contributed by atoms with van der Waals surface area (Å²) in [4.78, 5) is 22.8. The van der Waals surface area contributed by atoms with Gasteiger partial charge in [-0.15, -0.1) is 0 Å². The quantitative estimate of drug-likeness (QED) is 0.921. The first-order valence-electron chi connectivity index (χ1n) is 7.82. The number of nitrogens with one attached hydrogen (secondary N) is 1. The molecule has 0 radical (unpaired) electrons. The maximum absolute atomic E-state index is 12.4. The minimum atomic E-state index is -0.109. The maximum Gasteiger partial charge on any atom is 0.323 e. The monoisotopic (exact) mass is 315 g/mol. The summed E-state index contributed by atoms with van der Waals surface area (Å²) in [5.74, 6) is 2.17. The fourth-order valence-electron chi connectivity index (χ4n) is 2.90. The van der Waals surface area contributed by atoms with Crippen LogP contribution in [0, 0.1) is 20.8 Å². The lowest BCUT2D eigenvalue weighted by atomic mass is 9.97. The summed E-state index contributed by atoms with van der Waals surface area (Å²) in [6.45, 7) is 7.06. The van der Waals surface area contributed by atoms with E-state index in [1.54, 1.807) is 4.90 Å². The van der Waals surface area contributed by atoms with Gasteiger partial charge in [-0.25, -0.2) is 9.78 Å². The lowest BCUT2D eigenvalue weighted by Crippen LogP contribution is -2.40. The Balaban J connectivity index is 1.57. The second-order valence-electron chi connectivity index (χ2n) is 6.04. The molecule has 23 heavy (non-hydrogen) atoms. The zero-order valence-corrected chi connectivity index (χ0v) is 13.7. The van der Waals surface area contributed by atoms with Crippen molar-refractivity contribution in [3.8, 4) is 0 Å². The Labute approximate surface area is 135 Å². The molecule has 2 aromatic rings. The second kappa shape index (κ2) is 6.36. The molecule has 0 bridgehead atoms. The lowest BCUT2D eigenvalue weighted by Gasteiger charge is -2.30. The van der Waals surface area contributed by atoms with Gasteiger partial charge in [0.2, 0.25) is 5.89 Å². The molecule has 0 spiro atoms. The Kier molecular flexibility index (Phi) is 4.27. The fourth-order valence-corrected chi connectivity index (χ4v) is 2.90. The first-order chi connectivity index (χ1) is 11.0. The highest BCUT2D eigenvalue weighted by Gasteiger charge is 2.27. The van der Waals surface area contributed by atoms with Crippen LogP contribution in [0.4, 0.5) is 10.6 Å². The number of pyridine rings is 1. The van der Waals surface area contributed by atoms with Crippen molar-refractivity contribution in [3.63, 3.8) is 0 Å². The summed E-state index contributed by atoms with van der Waals surface area (Å²) in [5, 5.41) is 6.71. The lowest BCUT2D eigenvalue weighted by molar-refractivity contribution is 0.187. The van der Waals surface area contributed by atoms with Gasteiger partial charge in [0.25, 0.3) is 0 Å². The molecular weight excluding hydrogens is 294 g/mol. The van der Waals surface area contributed by atoms with E-state index in [4.69, 9.17) is 4.52 Å². The highest BCUT2D eigenvalue weighted by molar-refractivity contribution is 5.88. The van der Waals surface area contributed by atoms with E-state index in [1.165, 1.54) is 0 Å². The molecule has 3 rings (SSSR count). The molecule has 0 aliphatic carbocycles. The van der Waals surface area contributed by atoms with E-state index in [9.17, 15) is 4.79 Å². The number of hydrogen-bond donors (Lipinski definition) is 1. The van der Waals surface area contributed by atoms with E-state index in [-0.39, 0.29) is 11.9 Å². The SMILES string of the molecule is Cc1cc(C)nc(NC(=O)N2CCC(c3nc(C)no3)CC2)c1. The topological polar surface area (TPSA) is 84.2 Å². The van der Waals surface area contributed by atoms with Crippen molar-refractivity contribution >= 4 is 11.8 Å². The predicted molar refractivity (Wildman–Crippen MR) is 85.3 cm³/mol. The molecule has 0 atom stereocenters. The zero-order chi connectivity index (χ0) is 16.4. The van der Waals surface area contributed by atoms with Crippen molar-refractivity contribution in [1.29, 1.82) is 0 Å². The summed E-state index contributed by atoms with van der Waals surface area (Å²) in [6.07, 6.45) is 1.66. The van der Waals surface area contributed by atoms with E-state index in [2.05, 4.69) is 20.4 Å². The largest absolute Gasteiger partial charge is 0.339 e. The van der Waals surface area contributed by atoms with E-state index < -0.39 is 0 Å². The van der Waals surface area contributed by atoms with Crippen LogP contribution in [0.15, 0.2) is 16.7 Å². The summed E-state index contributed by atoms with van der Waals surface area (Å²) in [5.41, 5.74) is 1.98. The van der Waals surface area contributed by atoms with Gasteiger partial charge in [0, 0.05) is 24.7 Å². The van der Waals surface area contributed by atoms with Gasteiger partial charge in [-0.3, -0.25) is 5.32 Å². The summed E-state index contributed by atoms with van der Waals surface area (Å²) >= 11 is 0. The van der Waals surface area contributed by atoms with Crippen LogP contribution in [0.5, 0.6) is 0 Å². The standard InChI is InChI=1S/C16H21N5O2/c1-10-8-11(2)17-14(9-10)19-16(22)21-6-4-13(5-7-21)15-18-12(3)20-23-15/h8-9,13H,4-7H2,1-3H3,(H,17,19,22). The van der Waals surface area contributed by atoms with E-state index in [0.717, 1.165) is 24.1 Å². The van der Waals surface area contributed by atoms with Gasteiger partial charge in [-0.05, 0) is 51.3 Å². The predicted octanol–water partition coefficient (Wildman–Crippen LogP) is 2.80. The van der Waals surface area contributed by atoms with Gasteiger partial charge in [0.1, 0.15) is 5.82 Å². The molecule has 0 unspecified atom stereocenters. The summed E-state index contributed by atoms with van der Waals surface area (Å²) in [6, 6.07) is 3.74. The van der Waals surface area contributed by atoms with Crippen LogP contribution in [0.1, 0.15) is 41.7 Å². The fraction of sp³-hybridized carbons (Fsp3) is 0.500. The Morgan fingerprint density at radius 1 is 1.22 bits per heavy atom. The average Bonchev–Trinajstić information content (AvgIpc) is 2.93. The van der Waals surface area contributed by atoms with Crippen LogP contribution >= 0.6 is 0 Å². The van der Waals surface area contributed by atoms with Gasteiger partial charge >= 0.3 is 6.03 Å². The van der Waals surface area contributed by atoms with E-state index in [0.29, 0.717) is 30.6 Å². The number of anilines is 1. The van der Waals surface area contributed by atoms with Crippen molar-refractivity contribution in [2.75, 3.05) is 18.4 Å². The third-order valence-corrected chi connectivity index (χ3v) is 4.01. The van der Waals surface area contributed by atoms with E-state index >= 15 is 0 Å². The molecule has 0 saturated carbocycles. The Hall–Kier alpha value is -2.44. The Morgan fingerprint density at radius 2 is 1.96 bits per heavy atom. The maximum atomic E-state index is 12.4. The van der Waals surface area contributed by atoms with Crippen molar-refractivity contribution < 1.29 is 9.32 Å². The smallest absolute Gasteiger partial charge is 0.323 e. The number of nitrogens with zero attached hydrogens (tertiary/aromatic N) is 4. The van der Waals surface area contributed by atoms with Crippen LogP contribution in [-0.4, -0.2) is 39.1 Å². The van der Waals surface area contributed by atoms with Crippen LogP contribution in [-0.2, 0) is 0 Å². The van der Waals surface area contributed by atoms with Gasteiger partial charge in [0.05, 0.1) is 0 Å². The van der Waals surface area contributed by atoms with Crippen molar-refractivity contribution in [2.45, 2.75) is 39.5 Å². The molecule has 7 nitrogen and oxygen atoms in total. The van der Waals surface area contributed by atoms with Crippen LogP contribution in [0.25, 0.3) is 0 Å².